The third-order valence-corrected chi connectivity index (χ3v) is 6.00. The van der Waals surface area contributed by atoms with Crippen molar-refractivity contribution in [3.63, 3.8) is 0 Å². The highest BCUT2D eigenvalue weighted by Crippen LogP contribution is 2.29. The summed E-state index contributed by atoms with van der Waals surface area (Å²) in [6, 6.07) is 6.88. The van der Waals surface area contributed by atoms with Gasteiger partial charge in [-0.05, 0) is 24.5 Å². The second-order valence-corrected chi connectivity index (χ2v) is 8.06. The molecule has 0 bridgehead atoms. The summed E-state index contributed by atoms with van der Waals surface area (Å²) in [4.78, 5) is 26.1. The van der Waals surface area contributed by atoms with Crippen LogP contribution in [0.4, 0.5) is 10.2 Å². The molecule has 168 valence electrons. The minimum atomic E-state index is -0.212. The van der Waals surface area contributed by atoms with Crippen LogP contribution in [-0.2, 0) is 22.4 Å². The molecule has 3 rings (SSSR count). The Hall–Kier alpha value is -2.54. The monoisotopic (exact) mass is 428 g/mol. The van der Waals surface area contributed by atoms with Gasteiger partial charge in [0.25, 0.3) is 0 Å². The van der Waals surface area contributed by atoms with Gasteiger partial charge >= 0.3 is 0 Å². The first-order valence-corrected chi connectivity index (χ1v) is 11.1. The number of methoxy groups -OCH3 is 1. The molecule has 0 N–H and O–H groups in total. The lowest BCUT2D eigenvalue weighted by Crippen LogP contribution is -2.50. The summed E-state index contributed by atoms with van der Waals surface area (Å²) in [6.07, 6.45) is 2.17. The van der Waals surface area contributed by atoms with Gasteiger partial charge in [-0.15, -0.1) is 0 Å². The lowest BCUT2D eigenvalue weighted by atomic mass is 10.00. The first-order chi connectivity index (χ1) is 15.0. The quantitative estimate of drug-likeness (QED) is 0.643. The Kier molecular flexibility index (Phi) is 7.96. The van der Waals surface area contributed by atoms with E-state index in [4.69, 9.17) is 14.7 Å². The molecule has 1 aromatic carbocycles. The largest absolute Gasteiger partial charge is 0.375 e. The van der Waals surface area contributed by atoms with E-state index in [1.807, 2.05) is 17.0 Å². The molecule has 1 aliphatic heterocycles. The molecule has 7 heteroatoms. The molecule has 0 aliphatic carbocycles. The van der Waals surface area contributed by atoms with Gasteiger partial charge in [0.2, 0.25) is 5.91 Å². The van der Waals surface area contributed by atoms with Gasteiger partial charge in [0.1, 0.15) is 24.1 Å². The predicted octanol–water partition coefficient (Wildman–Crippen LogP) is 3.58. The number of aromatic nitrogens is 2. The molecule has 1 aliphatic rings. The lowest BCUT2D eigenvalue weighted by molar-refractivity contribution is -0.135. The third-order valence-electron chi connectivity index (χ3n) is 6.00. The van der Waals surface area contributed by atoms with Gasteiger partial charge < -0.3 is 14.5 Å². The van der Waals surface area contributed by atoms with Crippen LogP contribution in [0.1, 0.15) is 55.8 Å². The molecule has 0 spiro atoms. The smallest absolute Gasteiger partial charge is 0.248 e. The summed E-state index contributed by atoms with van der Waals surface area (Å²) in [5.41, 5.74) is 2.60. The van der Waals surface area contributed by atoms with Gasteiger partial charge in [-0.1, -0.05) is 39.0 Å². The zero-order valence-electron chi connectivity index (χ0n) is 19.0. The fourth-order valence-electron chi connectivity index (χ4n) is 3.89. The van der Waals surface area contributed by atoms with Crippen LogP contribution in [0.2, 0.25) is 0 Å². The van der Waals surface area contributed by atoms with Gasteiger partial charge in [-0.3, -0.25) is 4.79 Å². The van der Waals surface area contributed by atoms with E-state index < -0.39 is 0 Å². The van der Waals surface area contributed by atoms with Crippen LogP contribution in [-0.4, -0.2) is 60.7 Å². The van der Waals surface area contributed by atoms with Gasteiger partial charge in [-0.25, -0.2) is 14.4 Å². The number of benzene rings is 1. The third kappa shape index (κ3) is 5.39. The van der Waals surface area contributed by atoms with Crippen LogP contribution in [0.3, 0.4) is 0 Å². The highest BCUT2D eigenvalue weighted by atomic mass is 19.1. The summed E-state index contributed by atoms with van der Waals surface area (Å²) in [6.45, 7) is 9.04. The van der Waals surface area contributed by atoms with Crippen LogP contribution in [0.25, 0.3) is 0 Å². The van der Waals surface area contributed by atoms with Gasteiger partial charge in [0, 0.05) is 56.9 Å². The van der Waals surface area contributed by atoms with E-state index in [2.05, 4.69) is 25.7 Å². The number of carbonyl (C=O) groups excluding carboxylic acids is 1. The van der Waals surface area contributed by atoms with Crippen molar-refractivity contribution in [1.29, 1.82) is 0 Å². The van der Waals surface area contributed by atoms with Crippen molar-refractivity contribution in [2.24, 2.45) is 0 Å². The first-order valence-electron chi connectivity index (χ1n) is 11.1. The highest BCUT2D eigenvalue weighted by Gasteiger charge is 2.26. The number of halogens is 1. The average Bonchev–Trinajstić information content (AvgIpc) is 2.80. The van der Waals surface area contributed by atoms with E-state index >= 15 is 0 Å². The second kappa shape index (κ2) is 10.7. The van der Waals surface area contributed by atoms with Crippen molar-refractivity contribution in [2.45, 2.75) is 46.0 Å². The molecule has 6 nitrogen and oxygen atoms in total. The van der Waals surface area contributed by atoms with Crippen molar-refractivity contribution >= 4 is 11.7 Å². The number of hydrogen-bond donors (Lipinski definition) is 0. The molecule has 1 aromatic heterocycles. The number of anilines is 1. The Morgan fingerprint density at radius 2 is 1.87 bits per heavy atom. The van der Waals surface area contributed by atoms with Crippen molar-refractivity contribution in [1.82, 2.24) is 14.9 Å². The second-order valence-electron chi connectivity index (χ2n) is 8.06. The summed E-state index contributed by atoms with van der Waals surface area (Å²) >= 11 is 0. The zero-order chi connectivity index (χ0) is 22.4. The Morgan fingerprint density at radius 3 is 2.48 bits per heavy atom. The molecular formula is C24H33FN4O2. The highest BCUT2D eigenvalue weighted by molar-refractivity contribution is 5.77. The van der Waals surface area contributed by atoms with Crippen molar-refractivity contribution in [2.75, 3.05) is 44.8 Å². The topological polar surface area (TPSA) is 58.6 Å². The fourth-order valence-corrected chi connectivity index (χ4v) is 3.89. The van der Waals surface area contributed by atoms with E-state index in [9.17, 15) is 9.18 Å². The molecule has 1 amide bonds. The summed E-state index contributed by atoms with van der Waals surface area (Å²) in [7, 11) is 1.53. The Labute approximate surface area is 184 Å². The molecule has 2 aromatic rings. The maximum atomic E-state index is 14.4. The number of nitrogens with zero attached hydrogens (tertiary/aromatic N) is 4. The number of hydrogen-bond acceptors (Lipinski definition) is 5. The zero-order valence-corrected chi connectivity index (χ0v) is 19.0. The maximum Gasteiger partial charge on any atom is 0.248 e. The van der Waals surface area contributed by atoms with Crippen LogP contribution in [0.5, 0.6) is 0 Å². The van der Waals surface area contributed by atoms with Crippen molar-refractivity contribution in [3.8, 4) is 0 Å². The normalized spacial score (nSPS) is 15.3. The van der Waals surface area contributed by atoms with E-state index in [1.165, 1.54) is 13.2 Å². The van der Waals surface area contributed by atoms with E-state index in [-0.39, 0.29) is 24.2 Å². The molecule has 0 radical (unpaired) electrons. The lowest BCUT2D eigenvalue weighted by Gasteiger charge is -2.36. The standard InChI is InChI=1S/C24H33FN4O2/c1-5-17(3)23-26-21(6-2)19(15-18-9-7-8-10-20(18)25)24(27-23)29-13-11-28(12-14-29)22(30)16-31-4/h7-10,17H,5-6,11-16H2,1-4H3/t17-/m0/s1. The van der Waals surface area contributed by atoms with Crippen LogP contribution in [0, 0.1) is 5.82 Å². The molecular weight excluding hydrogens is 395 g/mol. The summed E-state index contributed by atoms with van der Waals surface area (Å²) in [5.74, 6) is 1.76. The number of rotatable bonds is 8. The van der Waals surface area contributed by atoms with Gasteiger partial charge in [-0.2, -0.15) is 0 Å². The fraction of sp³-hybridized carbons (Fsp3) is 0.542. The van der Waals surface area contributed by atoms with E-state index in [0.717, 1.165) is 35.7 Å². The molecule has 1 saturated heterocycles. The number of ether oxygens (including phenoxy) is 1. The van der Waals surface area contributed by atoms with Crippen molar-refractivity contribution < 1.29 is 13.9 Å². The molecule has 31 heavy (non-hydrogen) atoms. The van der Waals surface area contributed by atoms with Crippen LogP contribution >= 0.6 is 0 Å². The predicted molar refractivity (Wildman–Crippen MR) is 120 cm³/mol. The summed E-state index contributed by atoms with van der Waals surface area (Å²) in [5, 5.41) is 0. The summed E-state index contributed by atoms with van der Waals surface area (Å²) < 4.78 is 19.4. The SMILES string of the molecule is CCc1nc([C@@H](C)CC)nc(N2CCN(C(=O)COC)CC2)c1Cc1ccccc1F. The van der Waals surface area contributed by atoms with Gasteiger partial charge in [0.05, 0.1) is 0 Å². The van der Waals surface area contributed by atoms with E-state index in [1.54, 1.807) is 6.07 Å². The Bertz CT molecular complexity index is 897. The Morgan fingerprint density at radius 1 is 1.16 bits per heavy atom. The van der Waals surface area contributed by atoms with Gasteiger partial charge in [0.15, 0.2) is 0 Å². The molecule has 1 atom stereocenters. The number of aryl methyl sites for hydroxylation is 1. The number of piperazine rings is 1. The van der Waals surface area contributed by atoms with Crippen LogP contribution < -0.4 is 4.90 Å². The Balaban J connectivity index is 1.96. The van der Waals surface area contributed by atoms with Crippen LogP contribution in [0.15, 0.2) is 24.3 Å². The molecule has 0 unspecified atom stereocenters. The average molecular weight is 429 g/mol. The number of carbonyl (C=O) groups is 1. The molecule has 1 fully saturated rings. The minimum absolute atomic E-state index is 0.00552. The number of amides is 1. The minimum Gasteiger partial charge on any atom is -0.375 e. The maximum absolute atomic E-state index is 14.4. The molecule has 0 saturated carbocycles. The van der Waals surface area contributed by atoms with E-state index in [0.29, 0.717) is 38.2 Å². The molecule has 2 heterocycles. The first kappa shape index (κ1) is 23.1. The van der Waals surface area contributed by atoms with Crippen molar-refractivity contribution in [3.05, 3.63) is 52.7 Å².